The quantitative estimate of drug-likeness (QED) is 0.608. The van der Waals surface area contributed by atoms with Crippen molar-refractivity contribution < 1.29 is 19.1 Å². The van der Waals surface area contributed by atoms with Crippen LogP contribution in [0.25, 0.3) is 0 Å². The zero-order valence-corrected chi connectivity index (χ0v) is 13.7. The predicted octanol–water partition coefficient (Wildman–Crippen LogP) is 3.21. The van der Waals surface area contributed by atoms with Crippen molar-refractivity contribution in [2.45, 2.75) is 71.9 Å². The Kier molecular flexibility index (Phi) is 11.4. The summed E-state index contributed by atoms with van der Waals surface area (Å²) < 4.78 is 10.0. The van der Waals surface area contributed by atoms with Gasteiger partial charge in [-0.3, -0.25) is 0 Å². The lowest BCUT2D eigenvalue weighted by atomic mass is 10.1. The molecule has 6 nitrogen and oxygen atoms in total. The van der Waals surface area contributed by atoms with Gasteiger partial charge in [0.05, 0.1) is 13.2 Å². The van der Waals surface area contributed by atoms with Gasteiger partial charge >= 0.3 is 12.2 Å². The van der Waals surface area contributed by atoms with Gasteiger partial charge in [-0.25, -0.2) is 9.59 Å². The van der Waals surface area contributed by atoms with Crippen molar-refractivity contribution in [3.05, 3.63) is 0 Å². The van der Waals surface area contributed by atoms with E-state index in [4.69, 9.17) is 9.47 Å². The Labute approximate surface area is 127 Å². The van der Waals surface area contributed by atoms with E-state index in [1.54, 1.807) is 0 Å². The molecule has 0 aromatic rings. The molecule has 0 aliphatic rings. The predicted molar refractivity (Wildman–Crippen MR) is 82.3 cm³/mol. The van der Waals surface area contributed by atoms with Crippen molar-refractivity contribution in [1.29, 1.82) is 0 Å². The average molecular weight is 302 g/mol. The second-order valence-electron chi connectivity index (χ2n) is 5.31. The third-order valence-electron chi connectivity index (χ3n) is 2.90. The van der Waals surface area contributed by atoms with Gasteiger partial charge in [0.1, 0.15) is 0 Å². The molecule has 0 saturated carbocycles. The van der Waals surface area contributed by atoms with Crippen LogP contribution in [-0.2, 0) is 9.47 Å². The summed E-state index contributed by atoms with van der Waals surface area (Å²) in [4.78, 5) is 22.9. The lowest BCUT2D eigenvalue weighted by Crippen LogP contribution is -2.41. The maximum atomic E-state index is 11.5. The zero-order chi connectivity index (χ0) is 16.1. The highest BCUT2D eigenvalue weighted by molar-refractivity contribution is 5.68. The summed E-state index contributed by atoms with van der Waals surface area (Å²) in [5.74, 6) is 0. The molecule has 0 rings (SSSR count). The lowest BCUT2D eigenvalue weighted by molar-refractivity contribution is 0.137. The summed E-state index contributed by atoms with van der Waals surface area (Å²) in [5, 5.41) is 5.48. The van der Waals surface area contributed by atoms with Crippen LogP contribution in [0.2, 0.25) is 0 Å². The molecule has 2 unspecified atom stereocenters. The van der Waals surface area contributed by atoms with Crippen LogP contribution in [0.3, 0.4) is 0 Å². The highest BCUT2D eigenvalue weighted by atomic mass is 16.6. The number of amides is 2. The van der Waals surface area contributed by atoms with E-state index in [9.17, 15) is 9.59 Å². The number of carbonyl (C=O) groups excluding carboxylic acids is 2. The molecule has 21 heavy (non-hydrogen) atoms. The molecule has 2 N–H and O–H groups in total. The van der Waals surface area contributed by atoms with Crippen LogP contribution in [0, 0.1) is 0 Å². The Morgan fingerprint density at radius 3 is 1.57 bits per heavy atom. The molecule has 0 aliphatic carbocycles. The lowest BCUT2D eigenvalue weighted by Gasteiger charge is -2.19. The minimum atomic E-state index is -0.409. The molecule has 0 spiro atoms. The molecule has 0 aromatic carbocycles. The molecule has 0 fully saturated rings. The van der Waals surface area contributed by atoms with Crippen molar-refractivity contribution in [2.75, 3.05) is 13.2 Å². The number of hydrogen-bond donors (Lipinski definition) is 2. The fraction of sp³-hybridized carbons (Fsp3) is 0.867. The third-order valence-corrected chi connectivity index (χ3v) is 2.90. The SMILES string of the molecule is CCCCOC(=O)NC(C)CC(C)NC(=O)OCCCC. The van der Waals surface area contributed by atoms with Gasteiger partial charge in [-0.05, 0) is 33.1 Å². The minimum Gasteiger partial charge on any atom is -0.450 e. The largest absolute Gasteiger partial charge is 0.450 e. The Morgan fingerprint density at radius 2 is 1.24 bits per heavy atom. The highest BCUT2D eigenvalue weighted by Gasteiger charge is 2.14. The van der Waals surface area contributed by atoms with E-state index < -0.39 is 12.2 Å². The van der Waals surface area contributed by atoms with E-state index in [-0.39, 0.29) is 12.1 Å². The number of unbranched alkanes of at least 4 members (excludes halogenated alkanes) is 2. The van der Waals surface area contributed by atoms with Crippen LogP contribution < -0.4 is 10.6 Å². The van der Waals surface area contributed by atoms with Gasteiger partial charge in [-0.1, -0.05) is 26.7 Å². The van der Waals surface area contributed by atoms with E-state index in [0.717, 1.165) is 25.7 Å². The first-order chi connectivity index (χ1) is 9.99. The standard InChI is InChI=1S/C15H30N2O4/c1-5-7-9-20-14(18)16-12(3)11-13(4)17-15(19)21-10-8-6-2/h12-13H,5-11H2,1-4H3,(H,16,18)(H,17,19). The molecular formula is C15H30N2O4. The normalized spacial score (nSPS) is 13.1. The van der Waals surface area contributed by atoms with Crippen molar-refractivity contribution in [3.63, 3.8) is 0 Å². The fourth-order valence-electron chi connectivity index (χ4n) is 1.75. The zero-order valence-electron chi connectivity index (χ0n) is 13.7. The maximum absolute atomic E-state index is 11.5. The summed E-state index contributed by atoms with van der Waals surface area (Å²) in [5.41, 5.74) is 0. The van der Waals surface area contributed by atoms with Crippen LogP contribution in [0.15, 0.2) is 0 Å². The summed E-state index contributed by atoms with van der Waals surface area (Å²) in [6.45, 7) is 8.70. The van der Waals surface area contributed by atoms with Crippen molar-refractivity contribution in [1.82, 2.24) is 10.6 Å². The number of rotatable bonds is 10. The Morgan fingerprint density at radius 1 is 0.857 bits per heavy atom. The molecular weight excluding hydrogens is 272 g/mol. The van der Waals surface area contributed by atoms with Crippen LogP contribution in [0.5, 0.6) is 0 Å². The third kappa shape index (κ3) is 12.0. The minimum absolute atomic E-state index is 0.0786. The molecule has 2 atom stereocenters. The van der Waals surface area contributed by atoms with E-state index >= 15 is 0 Å². The van der Waals surface area contributed by atoms with Gasteiger partial charge in [0.15, 0.2) is 0 Å². The van der Waals surface area contributed by atoms with Gasteiger partial charge in [0, 0.05) is 12.1 Å². The second kappa shape index (κ2) is 12.3. The molecule has 0 aromatic heterocycles. The topological polar surface area (TPSA) is 76.7 Å². The van der Waals surface area contributed by atoms with Gasteiger partial charge in [0.25, 0.3) is 0 Å². The number of alkyl carbamates (subject to hydrolysis) is 2. The Bertz CT molecular complexity index is 269. The first-order valence-corrected chi connectivity index (χ1v) is 7.86. The van der Waals surface area contributed by atoms with Crippen molar-refractivity contribution in [2.24, 2.45) is 0 Å². The fourth-order valence-corrected chi connectivity index (χ4v) is 1.75. The number of carbonyl (C=O) groups is 2. The van der Waals surface area contributed by atoms with Crippen LogP contribution in [0.1, 0.15) is 59.8 Å². The first-order valence-electron chi connectivity index (χ1n) is 7.86. The number of hydrogen-bond acceptors (Lipinski definition) is 4. The van der Waals surface area contributed by atoms with Crippen molar-refractivity contribution in [3.8, 4) is 0 Å². The van der Waals surface area contributed by atoms with Gasteiger partial charge in [-0.15, -0.1) is 0 Å². The summed E-state index contributed by atoms with van der Waals surface area (Å²) in [7, 11) is 0. The molecule has 124 valence electrons. The highest BCUT2D eigenvalue weighted by Crippen LogP contribution is 1.99. The van der Waals surface area contributed by atoms with E-state index in [1.165, 1.54) is 0 Å². The van der Waals surface area contributed by atoms with Gasteiger partial charge < -0.3 is 20.1 Å². The van der Waals surface area contributed by atoms with Crippen LogP contribution in [0.4, 0.5) is 9.59 Å². The Hall–Kier alpha value is -1.46. The average Bonchev–Trinajstić information content (AvgIpc) is 2.38. The van der Waals surface area contributed by atoms with Gasteiger partial charge in [0.2, 0.25) is 0 Å². The van der Waals surface area contributed by atoms with Crippen molar-refractivity contribution >= 4 is 12.2 Å². The maximum Gasteiger partial charge on any atom is 0.407 e. The smallest absolute Gasteiger partial charge is 0.407 e. The number of nitrogens with one attached hydrogen (secondary N) is 2. The molecule has 6 heteroatoms. The monoisotopic (exact) mass is 302 g/mol. The van der Waals surface area contributed by atoms with E-state index in [2.05, 4.69) is 10.6 Å². The summed E-state index contributed by atoms with van der Waals surface area (Å²) in [6.07, 6.45) is 3.51. The summed E-state index contributed by atoms with van der Waals surface area (Å²) in [6, 6.07) is -0.157. The second-order valence-corrected chi connectivity index (χ2v) is 5.31. The van der Waals surface area contributed by atoms with Crippen LogP contribution >= 0.6 is 0 Å². The molecule has 0 radical (unpaired) electrons. The van der Waals surface area contributed by atoms with Crippen LogP contribution in [-0.4, -0.2) is 37.5 Å². The molecule has 0 heterocycles. The van der Waals surface area contributed by atoms with Gasteiger partial charge in [-0.2, -0.15) is 0 Å². The molecule has 0 bridgehead atoms. The molecule has 2 amide bonds. The molecule has 0 saturated heterocycles. The Balaban J connectivity index is 3.79. The van der Waals surface area contributed by atoms with E-state index in [1.807, 2.05) is 27.7 Å². The summed E-state index contributed by atoms with van der Waals surface area (Å²) >= 11 is 0. The first kappa shape index (κ1) is 19.5. The molecule has 0 aliphatic heterocycles. The van der Waals surface area contributed by atoms with E-state index in [0.29, 0.717) is 19.6 Å². The number of ether oxygens (including phenoxy) is 2.